The van der Waals surface area contributed by atoms with E-state index in [0.717, 1.165) is 19.5 Å². The van der Waals surface area contributed by atoms with E-state index in [-0.39, 0.29) is 23.1 Å². The molecule has 0 unspecified atom stereocenters. The number of aliphatic hydroxyl groups is 1. The quantitative estimate of drug-likeness (QED) is 0.763. The van der Waals surface area contributed by atoms with E-state index in [1.807, 2.05) is 4.90 Å². The summed E-state index contributed by atoms with van der Waals surface area (Å²) < 4.78 is 0. The lowest BCUT2D eigenvalue weighted by Crippen LogP contribution is -2.23. The van der Waals surface area contributed by atoms with Gasteiger partial charge in [-0.15, -0.1) is 0 Å². The van der Waals surface area contributed by atoms with Gasteiger partial charge in [0.05, 0.1) is 11.9 Å². The lowest BCUT2D eigenvalue weighted by atomic mass is 10.1. The summed E-state index contributed by atoms with van der Waals surface area (Å²) in [5, 5.41) is 15.2. The van der Waals surface area contributed by atoms with Gasteiger partial charge < -0.3 is 10.0 Å². The molecule has 0 saturated carbocycles. The van der Waals surface area contributed by atoms with Crippen LogP contribution in [0.5, 0.6) is 0 Å². The van der Waals surface area contributed by atoms with Gasteiger partial charge in [0.25, 0.3) is 5.56 Å². The molecule has 2 N–H and O–H groups in total. The first-order valence-electron chi connectivity index (χ1n) is 4.81. The standard InChI is InChI=1S/C9H12ClN3O2/c10-8-7(3-11-12-9(8)15)13-2-1-6(4-13)5-14/h3,6,14H,1-2,4-5H2,(H,12,15)/t6-/m1/s1. The minimum absolute atomic E-state index is 0.170. The number of H-pyrrole nitrogens is 1. The van der Waals surface area contributed by atoms with Crippen LogP contribution in [-0.4, -0.2) is 35.0 Å². The van der Waals surface area contributed by atoms with Gasteiger partial charge in [0.15, 0.2) is 0 Å². The molecule has 1 fully saturated rings. The van der Waals surface area contributed by atoms with Crippen molar-refractivity contribution >= 4 is 17.3 Å². The molecule has 1 aliphatic heterocycles. The summed E-state index contributed by atoms with van der Waals surface area (Å²) in [5.41, 5.74) is 0.276. The van der Waals surface area contributed by atoms with Crippen LogP contribution < -0.4 is 10.5 Å². The van der Waals surface area contributed by atoms with Crippen LogP contribution in [0.15, 0.2) is 11.0 Å². The molecule has 2 heterocycles. The topological polar surface area (TPSA) is 69.2 Å². The summed E-state index contributed by atoms with van der Waals surface area (Å²) in [6.07, 6.45) is 2.46. The Morgan fingerprint density at radius 1 is 1.73 bits per heavy atom. The van der Waals surface area contributed by atoms with E-state index in [1.165, 1.54) is 0 Å². The number of aromatic nitrogens is 2. The van der Waals surface area contributed by atoms with Crippen LogP contribution in [0.2, 0.25) is 5.02 Å². The third-order valence-electron chi connectivity index (χ3n) is 2.66. The van der Waals surface area contributed by atoms with Gasteiger partial charge in [0.2, 0.25) is 0 Å². The third kappa shape index (κ3) is 1.98. The number of anilines is 1. The predicted molar refractivity (Wildman–Crippen MR) is 57.3 cm³/mol. The minimum Gasteiger partial charge on any atom is -0.396 e. The summed E-state index contributed by atoms with van der Waals surface area (Å²) in [6.45, 7) is 1.70. The van der Waals surface area contributed by atoms with Crippen LogP contribution in [0.25, 0.3) is 0 Å². The van der Waals surface area contributed by atoms with Crippen LogP contribution in [0.1, 0.15) is 6.42 Å². The Bertz CT molecular complexity index is 407. The molecule has 15 heavy (non-hydrogen) atoms. The molecule has 2 rings (SSSR count). The van der Waals surface area contributed by atoms with Gasteiger partial charge >= 0.3 is 0 Å². The average Bonchev–Trinajstić information content (AvgIpc) is 2.70. The zero-order valence-corrected chi connectivity index (χ0v) is 8.87. The van der Waals surface area contributed by atoms with E-state index < -0.39 is 0 Å². The first kappa shape index (κ1) is 10.4. The second-order valence-corrected chi connectivity index (χ2v) is 4.06. The molecule has 1 aromatic heterocycles. The number of aliphatic hydroxyl groups excluding tert-OH is 1. The number of hydrogen-bond acceptors (Lipinski definition) is 4. The Kier molecular flexibility index (Phi) is 2.93. The van der Waals surface area contributed by atoms with Crippen molar-refractivity contribution < 1.29 is 5.11 Å². The van der Waals surface area contributed by atoms with Crippen molar-refractivity contribution in [3.8, 4) is 0 Å². The zero-order chi connectivity index (χ0) is 10.8. The zero-order valence-electron chi connectivity index (χ0n) is 8.11. The molecular formula is C9H12ClN3O2. The molecule has 82 valence electrons. The molecule has 0 spiro atoms. The Labute approximate surface area is 91.7 Å². The highest BCUT2D eigenvalue weighted by atomic mass is 35.5. The van der Waals surface area contributed by atoms with Gasteiger partial charge in [-0.3, -0.25) is 4.79 Å². The van der Waals surface area contributed by atoms with Crippen molar-refractivity contribution in [2.75, 3.05) is 24.6 Å². The molecule has 1 saturated heterocycles. The van der Waals surface area contributed by atoms with Crippen molar-refractivity contribution in [2.24, 2.45) is 5.92 Å². The van der Waals surface area contributed by atoms with Crippen LogP contribution in [0, 0.1) is 5.92 Å². The van der Waals surface area contributed by atoms with Gasteiger partial charge in [-0.2, -0.15) is 5.10 Å². The summed E-state index contributed by atoms with van der Waals surface area (Å²) in [5.74, 6) is 0.264. The maximum atomic E-state index is 11.2. The smallest absolute Gasteiger partial charge is 0.285 e. The molecule has 0 bridgehead atoms. The summed E-state index contributed by atoms with van der Waals surface area (Å²) in [7, 11) is 0. The van der Waals surface area contributed by atoms with Crippen LogP contribution in [0.4, 0.5) is 5.69 Å². The first-order valence-corrected chi connectivity index (χ1v) is 5.19. The SMILES string of the molecule is O=c1[nH]ncc(N2CC[C@@H](CO)C2)c1Cl. The van der Waals surface area contributed by atoms with Crippen molar-refractivity contribution in [3.63, 3.8) is 0 Å². The fraction of sp³-hybridized carbons (Fsp3) is 0.556. The molecule has 1 aromatic rings. The van der Waals surface area contributed by atoms with Crippen LogP contribution in [0.3, 0.4) is 0 Å². The lowest BCUT2D eigenvalue weighted by molar-refractivity contribution is 0.238. The number of halogens is 1. The minimum atomic E-state index is -0.374. The largest absolute Gasteiger partial charge is 0.396 e. The second kappa shape index (κ2) is 4.20. The fourth-order valence-corrected chi connectivity index (χ4v) is 2.01. The normalized spacial score (nSPS) is 20.9. The summed E-state index contributed by atoms with van der Waals surface area (Å²) in [6, 6.07) is 0. The van der Waals surface area contributed by atoms with E-state index in [0.29, 0.717) is 5.69 Å². The van der Waals surface area contributed by atoms with Crippen molar-refractivity contribution in [2.45, 2.75) is 6.42 Å². The fourth-order valence-electron chi connectivity index (χ4n) is 1.80. The maximum Gasteiger partial charge on any atom is 0.285 e. The average molecular weight is 230 g/mol. The van der Waals surface area contributed by atoms with E-state index in [9.17, 15) is 4.79 Å². The van der Waals surface area contributed by atoms with Gasteiger partial charge in [-0.1, -0.05) is 11.6 Å². The lowest BCUT2D eigenvalue weighted by Gasteiger charge is -2.18. The van der Waals surface area contributed by atoms with Crippen molar-refractivity contribution in [1.29, 1.82) is 0 Å². The number of rotatable bonds is 2. The summed E-state index contributed by atoms with van der Waals surface area (Å²) in [4.78, 5) is 13.2. The molecule has 1 atom stereocenters. The van der Waals surface area contributed by atoms with Crippen molar-refractivity contribution in [3.05, 3.63) is 21.6 Å². The Hall–Kier alpha value is -1.07. The highest BCUT2D eigenvalue weighted by Gasteiger charge is 2.24. The van der Waals surface area contributed by atoms with Gasteiger partial charge in [0.1, 0.15) is 5.02 Å². The molecule has 1 aliphatic rings. The third-order valence-corrected chi connectivity index (χ3v) is 3.03. The van der Waals surface area contributed by atoms with E-state index in [4.69, 9.17) is 16.7 Å². The number of nitrogens with zero attached hydrogens (tertiary/aromatic N) is 2. The molecule has 5 nitrogen and oxygen atoms in total. The molecule has 6 heteroatoms. The van der Waals surface area contributed by atoms with Gasteiger partial charge in [0, 0.05) is 25.6 Å². The Morgan fingerprint density at radius 3 is 3.20 bits per heavy atom. The van der Waals surface area contributed by atoms with E-state index in [2.05, 4.69) is 10.2 Å². The predicted octanol–water partition coefficient (Wildman–Crippen LogP) is 0.242. The highest BCUT2D eigenvalue weighted by molar-refractivity contribution is 6.33. The highest BCUT2D eigenvalue weighted by Crippen LogP contribution is 2.26. The molecular weight excluding hydrogens is 218 g/mol. The van der Waals surface area contributed by atoms with Crippen molar-refractivity contribution in [1.82, 2.24) is 10.2 Å². The van der Waals surface area contributed by atoms with Crippen LogP contribution in [-0.2, 0) is 0 Å². The van der Waals surface area contributed by atoms with Gasteiger partial charge in [-0.05, 0) is 6.42 Å². The van der Waals surface area contributed by atoms with E-state index in [1.54, 1.807) is 6.20 Å². The summed E-state index contributed by atoms with van der Waals surface area (Å²) >= 11 is 5.88. The monoisotopic (exact) mass is 229 g/mol. The number of hydrogen-bond donors (Lipinski definition) is 2. The van der Waals surface area contributed by atoms with Crippen LogP contribution >= 0.6 is 11.6 Å². The Balaban J connectivity index is 2.24. The molecule has 0 aromatic carbocycles. The second-order valence-electron chi connectivity index (χ2n) is 3.68. The number of nitrogens with one attached hydrogen (secondary N) is 1. The Morgan fingerprint density at radius 2 is 2.53 bits per heavy atom. The maximum absolute atomic E-state index is 11.2. The van der Waals surface area contributed by atoms with Gasteiger partial charge in [-0.25, -0.2) is 5.10 Å². The molecule has 0 amide bonds. The number of aromatic amines is 1. The molecule has 0 aliphatic carbocycles. The molecule has 0 radical (unpaired) electrons. The first-order chi connectivity index (χ1) is 7.22. The van der Waals surface area contributed by atoms with E-state index >= 15 is 0 Å².